The van der Waals surface area contributed by atoms with Crippen molar-refractivity contribution in [2.45, 2.75) is 45.7 Å². The Labute approximate surface area is 122 Å². The predicted molar refractivity (Wildman–Crippen MR) is 82.3 cm³/mol. The van der Waals surface area contributed by atoms with Gasteiger partial charge in [-0.2, -0.15) is 0 Å². The molecule has 0 aromatic heterocycles. The van der Waals surface area contributed by atoms with Crippen molar-refractivity contribution in [3.05, 3.63) is 35.9 Å². The summed E-state index contributed by atoms with van der Waals surface area (Å²) in [5.41, 5.74) is 1.21. The third-order valence-electron chi connectivity index (χ3n) is 4.06. The molecule has 2 atom stereocenters. The third-order valence-corrected chi connectivity index (χ3v) is 4.06. The fourth-order valence-corrected chi connectivity index (χ4v) is 2.92. The van der Waals surface area contributed by atoms with E-state index < -0.39 is 0 Å². The number of carbonyl (C=O) groups is 1. The first-order valence-corrected chi connectivity index (χ1v) is 7.78. The van der Waals surface area contributed by atoms with E-state index in [-0.39, 0.29) is 11.9 Å². The van der Waals surface area contributed by atoms with Gasteiger partial charge in [0.1, 0.15) is 0 Å². The molecule has 2 rings (SSSR count). The Bertz CT molecular complexity index is 418. The Morgan fingerprint density at radius 1 is 1.35 bits per heavy atom. The Hall–Kier alpha value is -1.35. The molecule has 110 valence electrons. The van der Waals surface area contributed by atoms with Gasteiger partial charge in [0.2, 0.25) is 5.91 Å². The van der Waals surface area contributed by atoms with E-state index in [1.807, 2.05) is 23.1 Å². The zero-order valence-electron chi connectivity index (χ0n) is 12.6. The molecule has 1 aliphatic rings. The number of nitrogens with one attached hydrogen (secondary N) is 1. The molecule has 1 aromatic carbocycles. The van der Waals surface area contributed by atoms with Crippen LogP contribution in [-0.4, -0.2) is 29.9 Å². The summed E-state index contributed by atoms with van der Waals surface area (Å²) in [4.78, 5) is 14.8. The van der Waals surface area contributed by atoms with Crippen LogP contribution in [0, 0.1) is 5.92 Å². The SMILES string of the molecule is CCCN(Cc1ccccc1)C(=O)C1NCCCC1C. The summed E-state index contributed by atoms with van der Waals surface area (Å²) in [6, 6.07) is 10.3. The number of amides is 1. The Morgan fingerprint density at radius 2 is 2.10 bits per heavy atom. The van der Waals surface area contributed by atoms with Crippen molar-refractivity contribution in [3.8, 4) is 0 Å². The molecule has 0 radical (unpaired) electrons. The van der Waals surface area contributed by atoms with Gasteiger partial charge in [-0.05, 0) is 37.3 Å². The molecular weight excluding hydrogens is 248 g/mol. The highest BCUT2D eigenvalue weighted by atomic mass is 16.2. The van der Waals surface area contributed by atoms with Gasteiger partial charge in [-0.3, -0.25) is 4.79 Å². The van der Waals surface area contributed by atoms with Crippen LogP contribution >= 0.6 is 0 Å². The number of hydrogen-bond acceptors (Lipinski definition) is 2. The van der Waals surface area contributed by atoms with Crippen LogP contribution in [-0.2, 0) is 11.3 Å². The van der Waals surface area contributed by atoms with Gasteiger partial charge in [0.25, 0.3) is 0 Å². The highest BCUT2D eigenvalue weighted by Gasteiger charge is 2.30. The van der Waals surface area contributed by atoms with E-state index in [0.29, 0.717) is 5.92 Å². The number of piperidine rings is 1. The summed E-state index contributed by atoms with van der Waals surface area (Å²) < 4.78 is 0. The minimum absolute atomic E-state index is 0.000915. The molecule has 0 spiro atoms. The predicted octanol–water partition coefficient (Wildman–Crippen LogP) is 2.81. The lowest BCUT2D eigenvalue weighted by Gasteiger charge is -2.34. The van der Waals surface area contributed by atoms with Crippen molar-refractivity contribution in [1.82, 2.24) is 10.2 Å². The van der Waals surface area contributed by atoms with E-state index >= 15 is 0 Å². The molecule has 3 heteroatoms. The van der Waals surface area contributed by atoms with Gasteiger partial charge in [-0.15, -0.1) is 0 Å². The second-order valence-corrected chi connectivity index (χ2v) is 5.80. The average Bonchev–Trinajstić information content (AvgIpc) is 2.48. The molecule has 1 aromatic rings. The van der Waals surface area contributed by atoms with Crippen LogP contribution in [0.5, 0.6) is 0 Å². The Kier molecular flexibility index (Phi) is 5.60. The van der Waals surface area contributed by atoms with Gasteiger partial charge in [-0.1, -0.05) is 44.2 Å². The molecule has 1 amide bonds. The Morgan fingerprint density at radius 3 is 2.75 bits per heavy atom. The van der Waals surface area contributed by atoms with Gasteiger partial charge in [0, 0.05) is 13.1 Å². The first kappa shape index (κ1) is 15.0. The van der Waals surface area contributed by atoms with Gasteiger partial charge in [0.15, 0.2) is 0 Å². The van der Waals surface area contributed by atoms with Crippen molar-refractivity contribution in [2.24, 2.45) is 5.92 Å². The van der Waals surface area contributed by atoms with E-state index in [0.717, 1.165) is 32.5 Å². The number of nitrogens with zero attached hydrogens (tertiary/aromatic N) is 1. The topological polar surface area (TPSA) is 32.3 Å². The first-order chi connectivity index (χ1) is 9.72. The molecule has 3 nitrogen and oxygen atoms in total. The lowest BCUT2D eigenvalue weighted by molar-refractivity contribution is -0.136. The van der Waals surface area contributed by atoms with Gasteiger partial charge in [-0.25, -0.2) is 0 Å². The summed E-state index contributed by atoms with van der Waals surface area (Å²) in [6.07, 6.45) is 3.33. The molecule has 1 saturated heterocycles. The molecule has 1 fully saturated rings. The van der Waals surface area contributed by atoms with Crippen LogP contribution < -0.4 is 5.32 Å². The van der Waals surface area contributed by atoms with Crippen molar-refractivity contribution in [1.29, 1.82) is 0 Å². The van der Waals surface area contributed by atoms with Gasteiger partial charge < -0.3 is 10.2 Å². The second-order valence-electron chi connectivity index (χ2n) is 5.80. The highest BCUT2D eigenvalue weighted by molar-refractivity contribution is 5.82. The third kappa shape index (κ3) is 3.83. The zero-order valence-corrected chi connectivity index (χ0v) is 12.6. The number of rotatable bonds is 5. The molecule has 0 bridgehead atoms. The number of hydrogen-bond donors (Lipinski definition) is 1. The van der Waals surface area contributed by atoms with Crippen molar-refractivity contribution in [3.63, 3.8) is 0 Å². The average molecular weight is 274 g/mol. The Balaban J connectivity index is 2.05. The lowest BCUT2D eigenvalue weighted by Crippen LogP contribution is -2.52. The molecule has 1 heterocycles. The van der Waals surface area contributed by atoms with Crippen LogP contribution in [0.2, 0.25) is 0 Å². The highest BCUT2D eigenvalue weighted by Crippen LogP contribution is 2.18. The van der Waals surface area contributed by atoms with Crippen LogP contribution in [0.4, 0.5) is 0 Å². The van der Waals surface area contributed by atoms with Crippen molar-refractivity contribution >= 4 is 5.91 Å². The monoisotopic (exact) mass is 274 g/mol. The maximum atomic E-state index is 12.8. The summed E-state index contributed by atoms with van der Waals surface area (Å²) in [7, 11) is 0. The van der Waals surface area contributed by atoms with Crippen molar-refractivity contribution < 1.29 is 4.79 Å². The summed E-state index contributed by atoms with van der Waals surface area (Å²) in [5, 5.41) is 3.40. The molecule has 1 aliphatic heterocycles. The molecule has 0 aliphatic carbocycles. The van der Waals surface area contributed by atoms with Crippen LogP contribution in [0.1, 0.15) is 38.7 Å². The molecule has 20 heavy (non-hydrogen) atoms. The maximum Gasteiger partial charge on any atom is 0.240 e. The van der Waals surface area contributed by atoms with Crippen LogP contribution in [0.25, 0.3) is 0 Å². The summed E-state index contributed by atoms with van der Waals surface area (Å²) in [6.45, 7) is 6.83. The minimum atomic E-state index is -0.000915. The smallest absolute Gasteiger partial charge is 0.240 e. The van der Waals surface area contributed by atoms with Crippen molar-refractivity contribution in [2.75, 3.05) is 13.1 Å². The largest absolute Gasteiger partial charge is 0.337 e. The molecular formula is C17H26N2O. The fourth-order valence-electron chi connectivity index (χ4n) is 2.92. The van der Waals surface area contributed by atoms with Crippen LogP contribution in [0.15, 0.2) is 30.3 Å². The van der Waals surface area contributed by atoms with E-state index in [1.165, 1.54) is 12.0 Å². The van der Waals surface area contributed by atoms with E-state index in [1.54, 1.807) is 0 Å². The molecule has 1 N–H and O–H groups in total. The standard InChI is InChI=1S/C17H26N2O/c1-3-12-19(13-15-9-5-4-6-10-15)17(20)16-14(2)8-7-11-18-16/h4-6,9-10,14,16,18H,3,7-8,11-13H2,1-2H3. The van der Waals surface area contributed by atoms with Gasteiger partial charge >= 0.3 is 0 Å². The van der Waals surface area contributed by atoms with Crippen LogP contribution in [0.3, 0.4) is 0 Å². The first-order valence-electron chi connectivity index (χ1n) is 7.78. The summed E-state index contributed by atoms with van der Waals surface area (Å²) >= 11 is 0. The molecule has 2 unspecified atom stereocenters. The van der Waals surface area contributed by atoms with E-state index in [9.17, 15) is 4.79 Å². The number of carbonyl (C=O) groups excluding carboxylic acids is 1. The number of benzene rings is 1. The second kappa shape index (κ2) is 7.44. The maximum absolute atomic E-state index is 12.8. The fraction of sp³-hybridized carbons (Fsp3) is 0.588. The zero-order chi connectivity index (χ0) is 14.4. The van der Waals surface area contributed by atoms with E-state index in [4.69, 9.17) is 0 Å². The minimum Gasteiger partial charge on any atom is -0.337 e. The normalized spacial score (nSPS) is 22.5. The van der Waals surface area contributed by atoms with Gasteiger partial charge in [0.05, 0.1) is 6.04 Å². The summed E-state index contributed by atoms with van der Waals surface area (Å²) in [5.74, 6) is 0.703. The lowest BCUT2D eigenvalue weighted by atomic mass is 9.91. The van der Waals surface area contributed by atoms with E-state index in [2.05, 4.69) is 31.3 Å². The molecule has 0 saturated carbocycles. The quantitative estimate of drug-likeness (QED) is 0.895.